The molecule has 0 saturated carbocycles. The van der Waals surface area contributed by atoms with Gasteiger partial charge in [-0.2, -0.15) is 0 Å². The van der Waals surface area contributed by atoms with Crippen LogP contribution in [0.15, 0.2) is 59.4 Å². The zero-order valence-corrected chi connectivity index (χ0v) is 20.1. The summed E-state index contributed by atoms with van der Waals surface area (Å²) in [6.07, 6.45) is 0.544. The maximum atomic E-state index is 13.0. The Hall–Kier alpha value is -3.78. The molecule has 2 aromatic carbocycles. The molecule has 0 aliphatic carbocycles. The number of imidazole rings is 1. The zero-order chi connectivity index (χ0) is 23.8. The van der Waals surface area contributed by atoms with Crippen LogP contribution in [0.5, 0.6) is 0 Å². The van der Waals surface area contributed by atoms with Crippen molar-refractivity contribution in [3.8, 4) is 0 Å². The Labute approximate surface area is 200 Å². The van der Waals surface area contributed by atoms with E-state index in [0.29, 0.717) is 17.6 Å². The summed E-state index contributed by atoms with van der Waals surface area (Å²) in [5.74, 6) is 1.15. The molecule has 5 rings (SSSR count). The minimum atomic E-state index is -0.400. The van der Waals surface area contributed by atoms with Gasteiger partial charge in [0.2, 0.25) is 5.91 Å². The smallest absolute Gasteiger partial charge is 0.259 e. The number of rotatable bonds is 6. The monoisotopic (exact) mass is 471 g/mol. The Balaban J connectivity index is 1.40. The Morgan fingerprint density at radius 1 is 1.09 bits per heavy atom. The molecule has 7 nitrogen and oxygen atoms in total. The Bertz CT molecular complexity index is 1570. The maximum absolute atomic E-state index is 13.0. The number of aryl methyl sites for hydroxylation is 4. The van der Waals surface area contributed by atoms with E-state index >= 15 is 0 Å². The molecule has 1 amide bonds. The van der Waals surface area contributed by atoms with E-state index in [9.17, 15) is 9.59 Å². The van der Waals surface area contributed by atoms with Gasteiger partial charge in [-0.15, -0.1) is 11.3 Å². The number of H-pyrrole nitrogens is 1. The van der Waals surface area contributed by atoms with Crippen molar-refractivity contribution in [1.82, 2.24) is 24.8 Å². The molecule has 2 N–H and O–H groups in total. The van der Waals surface area contributed by atoms with E-state index in [-0.39, 0.29) is 17.9 Å². The third-order valence-corrected chi connectivity index (χ3v) is 7.30. The zero-order valence-electron chi connectivity index (χ0n) is 19.3. The van der Waals surface area contributed by atoms with Crippen molar-refractivity contribution in [3.63, 3.8) is 0 Å². The van der Waals surface area contributed by atoms with Crippen LogP contribution >= 0.6 is 11.3 Å². The lowest BCUT2D eigenvalue weighted by atomic mass is 10.1. The molecule has 0 fully saturated rings. The number of aromatic amines is 1. The van der Waals surface area contributed by atoms with Crippen molar-refractivity contribution in [1.29, 1.82) is 0 Å². The second-order valence-electron chi connectivity index (χ2n) is 8.40. The lowest BCUT2D eigenvalue weighted by Crippen LogP contribution is -2.31. The van der Waals surface area contributed by atoms with Crippen molar-refractivity contribution in [2.75, 3.05) is 0 Å². The minimum absolute atomic E-state index is 0.137. The molecule has 8 heteroatoms. The largest absolute Gasteiger partial charge is 0.342 e. The summed E-state index contributed by atoms with van der Waals surface area (Å²) in [7, 11) is 1.96. The predicted molar refractivity (Wildman–Crippen MR) is 135 cm³/mol. The number of hydrogen-bond donors (Lipinski definition) is 2. The number of para-hydroxylation sites is 2. The molecule has 1 unspecified atom stereocenters. The molecule has 0 radical (unpaired) electrons. The van der Waals surface area contributed by atoms with Crippen LogP contribution < -0.4 is 10.9 Å². The summed E-state index contributed by atoms with van der Waals surface area (Å²) in [5, 5.41) is 3.79. The van der Waals surface area contributed by atoms with E-state index in [1.807, 2.05) is 80.1 Å². The van der Waals surface area contributed by atoms with Crippen molar-refractivity contribution in [2.24, 2.45) is 7.05 Å². The fourth-order valence-corrected chi connectivity index (χ4v) is 5.30. The quantitative estimate of drug-likeness (QED) is 0.386. The highest BCUT2D eigenvalue weighted by molar-refractivity contribution is 7.18. The van der Waals surface area contributed by atoms with Crippen molar-refractivity contribution >= 4 is 38.5 Å². The number of nitrogens with zero attached hydrogens (tertiary/aromatic N) is 3. The first-order valence-corrected chi connectivity index (χ1v) is 12.0. The topological polar surface area (TPSA) is 92.7 Å². The van der Waals surface area contributed by atoms with E-state index in [4.69, 9.17) is 4.98 Å². The fourth-order valence-electron chi connectivity index (χ4n) is 4.25. The van der Waals surface area contributed by atoms with E-state index in [1.165, 1.54) is 11.3 Å². The van der Waals surface area contributed by atoms with E-state index in [1.54, 1.807) is 0 Å². The summed E-state index contributed by atoms with van der Waals surface area (Å²) in [6, 6.07) is 17.3. The second kappa shape index (κ2) is 8.87. The Kier molecular flexibility index (Phi) is 5.75. The van der Waals surface area contributed by atoms with E-state index < -0.39 is 6.04 Å². The van der Waals surface area contributed by atoms with Crippen LogP contribution in [0.4, 0.5) is 0 Å². The molecular formula is C26H25N5O2S. The standard InChI is InChI=1S/C26H25N5O2S/c1-15-16(2)34-26-22(15)25(33)28-20(29-26)13-14-21(32)30-23(17-9-5-4-6-10-17)24-27-18-11-7-8-12-19(18)31(24)3/h4-12,23H,13-14H2,1-3H3,(H,30,32)(H,28,29,33). The number of carbonyl (C=O) groups is 1. The molecule has 0 aliphatic heterocycles. The molecule has 0 aliphatic rings. The SMILES string of the molecule is Cc1sc2nc(CCC(=O)NC(c3ccccc3)c3nc4ccccc4n3C)[nH]c(=O)c2c1C. The van der Waals surface area contributed by atoms with Gasteiger partial charge in [0.15, 0.2) is 0 Å². The molecule has 172 valence electrons. The number of thiophene rings is 1. The molecule has 0 saturated heterocycles. The van der Waals surface area contributed by atoms with Crippen molar-refractivity contribution in [3.05, 3.63) is 92.6 Å². The Morgan fingerprint density at radius 3 is 2.59 bits per heavy atom. The fraction of sp³-hybridized carbons (Fsp3) is 0.231. The van der Waals surface area contributed by atoms with Crippen molar-refractivity contribution in [2.45, 2.75) is 32.7 Å². The summed E-state index contributed by atoms with van der Waals surface area (Å²) in [6.45, 7) is 3.92. The molecule has 1 atom stereocenters. The number of amides is 1. The lowest BCUT2D eigenvalue weighted by Gasteiger charge is -2.19. The number of aromatic nitrogens is 4. The lowest BCUT2D eigenvalue weighted by molar-refractivity contribution is -0.121. The van der Waals surface area contributed by atoms with Crippen LogP contribution in [-0.2, 0) is 18.3 Å². The van der Waals surface area contributed by atoms with Gasteiger partial charge in [0, 0.05) is 24.8 Å². The van der Waals surface area contributed by atoms with Gasteiger partial charge in [0.05, 0.1) is 16.4 Å². The molecule has 5 aromatic rings. The summed E-state index contributed by atoms with van der Waals surface area (Å²) in [4.78, 5) is 39.6. The van der Waals surface area contributed by atoms with Crippen LogP contribution in [0.2, 0.25) is 0 Å². The van der Waals surface area contributed by atoms with Gasteiger partial charge >= 0.3 is 0 Å². The van der Waals surface area contributed by atoms with Gasteiger partial charge in [0.25, 0.3) is 5.56 Å². The average Bonchev–Trinajstić information content (AvgIpc) is 3.32. The molecule has 34 heavy (non-hydrogen) atoms. The number of fused-ring (bicyclic) bond motifs is 2. The van der Waals surface area contributed by atoms with Crippen LogP contribution in [0.25, 0.3) is 21.3 Å². The first-order valence-electron chi connectivity index (χ1n) is 11.2. The van der Waals surface area contributed by atoms with Gasteiger partial charge in [-0.25, -0.2) is 9.97 Å². The van der Waals surface area contributed by atoms with Crippen LogP contribution in [0, 0.1) is 13.8 Å². The first-order chi connectivity index (χ1) is 16.4. The average molecular weight is 472 g/mol. The van der Waals surface area contributed by atoms with E-state index in [0.717, 1.165) is 37.7 Å². The van der Waals surface area contributed by atoms with Gasteiger partial charge < -0.3 is 14.9 Å². The van der Waals surface area contributed by atoms with Crippen LogP contribution in [0.3, 0.4) is 0 Å². The molecule has 0 spiro atoms. The highest BCUT2D eigenvalue weighted by atomic mass is 32.1. The van der Waals surface area contributed by atoms with Gasteiger partial charge in [-0.05, 0) is 37.1 Å². The normalized spacial score (nSPS) is 12.3. The highest BCUT2D eigenvalue weighted by Gasteiger charge is 2.23. The van der Waals surface area contributed by atoms with Crippen LogP contribution in [-0.4, -0.2) is 25.4 Å². The Morgan fingerprint density at radius 2 is 1.82 bits per heavy atom. The third kappa shape index (κ3) is 4.01. The first kappa shape index (κ1) is 22.0. The predicted octanol–water partition coefficient (Wildman–Crippen LogP) is 4.33. The minimum Gasteiger partial charge on any atom is -0.342 e. The maximum Gasteiger partial charge on any atom is 0.259 e. The molecule has 0 bridgehead atoms. The molecule has 3 heterocycles. The number of carbonyl (C=O) groups excluding carboxylic acids is 1. The van der Waals surface area contributed by atoms with Crippen molar-refractivity contribution < 1.29 is 4.79 Å². The summed E-state index contributed by atoms with van der Waals surface area (Å²) >= 11 is 1.51. The third-order valence-electron chi connectivity index (χ3n) is 6.20. The number of benzene rings is 2. The van der Waals surface area contributed by atoms with Gasteiger partial charge in [-0.1, -0.05) is 42.5 Å². The number of nitrogens with one attached hydrogen (secondary N) is 2. The molecular weight excluding hydrogens is 446 g/mol. The summed E-state index contributed by atoms with van der Waals surface area (Å²) in [5.41, 5.74) is 3.65. The number of hydrogen-bond acceptors (Lipinski definition) is 5. The second-order valence-corrected chi connectivity index (χ2v) is 9.61. The van der Waals surface area contributed by atoms with Gasteiger partial charge in [0.1, 0.15) is 22.5 Å². The highest BCUT2D eigenvalue weighted by Crippen LogP contribution is 2.27. The van der Waals surface area contributed by atoms with Crippen LogP contribution in [0.1, 0.15) is 40.1 Å². The van der Waals surface area contributed by atoms with E-state index in [2.05, 4.69) is 15.3 Å². The summed E-state index contributed by atoms with van der Waals surface area (Å²) < 4.78 is 2.02. The molecule has 3 aromatic heterocycles. The van der Waals surface area contributed by atoms with Gasteiger partial charge in [-0.3, -0.25) is 9.59 Å².